The average Bonchev–Trinajstić information content (AvgIpc) is 3.06. The first-order valence-corrected chi connectivity index (χ1v) is 16.7. The molecule has 1 N–H and O–H groups in total. The van der Waals surface area contributed by atoms with Crippen LogP contribution < -0.4 is 14.4 Å². The fourth-order valence-corrected chi connectivity index (χ4v) is 6.46. The number of carbonyl (C=O) groups excluding carboxylic acids is 2. The van der Waals surface area contributed by atoms with Crippen molar-refractivity contribution in [1.29, 1.82) is 0 Å². The van der Waals surface area contributed by atoms with E-state index in [1.165, 1.54) is 17.0 Å². The van der Waals surface area contributed by atoms with Crippen LogP contribution in [-0.2, 0) is 32.6 Å². The minimum atomic E-state index is -4.21. The number of carbonyl (C=O) groups is 2. The van der Waals surface area contributed by atoms with Crippen molar-refractivity contribution in [3.8, 4) is 5.75 Å². The summed E-state index contributed by atoms with van der Waals surface area (Å²) in [5, 5.41) is 3.37. The largest absolute Gasteiger partial charge is 0.494 e. The Morgan fingerprint density at radius 3 is 2.09 bits per heavy atom. The van der Waals surface area contributed by atoms with Gasteiger partial charge in [-0.1, -0.05) is 85.3 Å². The van der Waals surface area contributed by atoms with E-state index in [4.69, 9.17) is 16.3 Å². The fraction of sp³-hybridized carbons (Fsp3) is 0.257. The number of benzene rings is 4. The van der Waals surface area contributed by atoms with Gasteiger partial charge in [-0.2, -0.15) is 0 Å². The van der Waals surface area contributed by atoms with E-state index in [2.05, 4.69) is 5.32 Å². The molecule has 0 fully saturated rings. The highest BCUT2D eigenvalue weighted by Crippen LogP contribution is 2.27. The molecule has 4 aromatic carbocycles. The highest BCUT2D eigenvalue weighted by atomic mass is 35.5. The molecule has 2 amide bonds. The molecule has 0 spiro atoms. The Hall–Kier alpha value is -4.34. The van der Waals surface area contributed by atoms with Gasteiger partial charge < -0.3 is 15.0 Å². The summed E-state index contributed by atoms with van der Waals surface area (Å²) in [5.41, 5.74) is 1.80. The number of nitrogens with zero attached hydrogens (tertiary/aromatic N) is 2. The number of amides is 2. The van der Waals surface area contributed by atoms with E-state index < -0.39 is 28.5 Å². The molecular formula is C35H38ClN3O5S. The first-order chi connectivity index (χ1) is 21.7. The van der Waals surface area contributed by atoms with Gasteiger partial charge in [-0.05, 0) is 66.9 Å². The van der Waals surface area contributed by atoms with Crippen LogP contribution in [0.15, 0.2) is 114 Å². The lowest BCUT2D eigenvalue weighted by Crippen LogP contribution is -2.53. The first kappa shape index (κ1) is 33.6. The van der Waals surface area contributed by atoms with E-state index in [0.29, 0.717) is 41.6 Å². The second-order valence-corrected chi connectivity index (χ2v) is 12.6. The highest BCUT2D eigenvalue weighted by Gasteiger charge is 2.34. The van der Waals surface area contributed by atoms with Crippen LogP contribution in [0.2, 0.25) is 5.02 Å². The average molecular weight is 648 g/mol. The zero-order valence-electron chi connectivity index (χ0n) is 25.4. The van der Waals surface area contributed by atoms with E-state index in [1.54, 1.807) is 66.7 Å². The van der Waals surface area contributed by atoms with Crippen molar-refractivity contribution >= 4 is 39.1 Å². The van der Waals surface area contributed by atoms with Gasteiger partial charge in [-0.25, -0.2) is 8.42 Å². The van der Waals surface area contributed by atoms with Gasteiger partial charge in [0.15, 0.2) is 0 Å². The van der Waals surface area contributed by atoms with Gasteiger partial charge in [0, 0.05) is 24.5 Å². The quantitative estimate of drug-likeness (QED) is 0.168. The number of halogens is 1. The Morgan fingerprint density at radius 1 is 0.844 bits per heavy atom. The second-order valence-electron chi connectivity index (χ2n) is 10.4. The van der Waals surface area contributed by atoms with Gasteiger partial charge in [0.05, 0.1) is 17.2 Å². The van der Waals surface area contributed by atoms with Crippen molar-refractivity contribution < 1.29 is 22.7 Å². The Bertz CT molecular complexity index is 1650. The lowest BCUT2D eigenvalue weighted by Gasteiger charge is -2.34. The summed E-state index contributed by atoms with van der Waals surface area (Å²) in [6, 6.07) is 30.1. The summed E-state index contributed by atoms with van der Waals surface area (Å²) in [6.45, 7) is 4.12. The van der Waals surface area contributed by atoms with Crippen LogP contribution in [0.25, 0.3) is 0 Å². The summed E-state index contributed by atoms with van der Waals surface area (Å²) in [6.07, 6.45) is 0.938. The van der Waals surface area contributed by atoms with Gasteiger partial charge in [0.2, 0.25) is 11.8 Å². The molecule has 0 saturated heterocycles. The standard InChI is InChI=1S/C35H38ClN3O5S/c1-3-23-37-35(41)33(24-27-13-7-5-8-14-27)38(25-28-15-11-12-18-32(28)36)34(40)26-39(29-16-9-6-10-17-29)45(42,43)31-21-19-30(20-22-31)44-4-2/h5-22,33H,3-4,23-26H2,1-2H3,(H,37,41). The molecule has 0 aromatic heterocycles. The smallest absolute Gasteiger partial charge is 0.264 e. The summed E-state index contributed by atoms with van der Waals surface area (Å²) >= 11 is 6.54. The fourth-order valence-electron chi connectivity index (χ4n) is 4.85. The van der Waals surface area contributed by atoms with Crippen molar-refractivity contribution in [2.24, 2.45) is 0 Å². The number of rotatable bonds is 15. The van der Waals surface area contributed by atoms with E-state index in [1.807, 2.05) is 44.2 Å². The molecule has 8 nitrogen and oxygen atoms in total. The normalized spacial score (nSPS) is 11.8. The van der Waals surface area contributed by atoms with E-state index in [-0.39, 0.29) is 23.8 Å². The Balaban J connectivity index is 1.77. The van der Waals surface area contributed by atoms with Crippen molar-refractivity contribution in [2.45, 2.75) is 44.2 Å². The molecule has 10 heteroatoms. The second kappa shape index (κ2) is 16.1. The summed E-state index contributed by atoms with van der Waals surface area (Å²) < 4.78 is 34.8. The van der Waals surface area contributed by atoms with Crippen LogP contribution in [-0.4, -0.2) is 50.9 Å². The Morgan fingerprint density at radius 2 is 1.47 bits per heavy atom. The molecule has 45 heavy (non-hydrogen) atoms. The molecule has 1 unspecified atom stereocenters. The lowest BCUT2D eigenvalue weighted by atomic mass is 10.0. The van der Waals surface area contributed by atoms with Crippen LogP contribution in [0.1, 0.15) is 31.4 Å². The third-order valence-electron chi connectivity index (χ3n) is 7.16. The summed E-state index contributed by atoms with van der Waals surface area (Å²) in [4.78, 5) is 29.6. The maximum atomic E-state index is 14.4. The number of sulfonamides is 1. The predicted octanol–water partition coefficient (Wildman–Crippen LogP) is 6.10. The molecule has 0 saturated carbocycles. The van der Waals surface area contributed by atoms with E-state index in [9.17, 15) is 18.0 Å². The molecule has 0 aliphatic carbocycles. The maximum absolute atomic E-state index is 14.4. The number of ether oxygens (including phenoxy) is 1. The van der Waals surface area contributed by atoms with Crippen LogP contribution in [0.3, 0.4) is 0 Å². The van der Waals surface area contributed by atoms with Gasteiger partial charge in [-0.15, -0.1) is 0 Å². The zero-order valence-corrected chi connectivity index (χ0v) is 27.0. The van der Waals surface area contributed by atoms with Crippen LogP contribution in [0.4, 0.5) is 5.69 Å². The number of nitrogens with one attached hydrogen (secondary N) is 1. The Labute approximate surface area is 270 Å². The molecule has 236 valence electrons. The Kier molecular flexibility index (Phi) is 12.0. The van der Waals surface area contributed by atoms with Crippen LogP contribution in [0, 0.1) is 0 Å². The molecule has 0 aliphatic heterocycles. The van der Waals surface area contributed by atoms with E-state index in [0.717, 1.165) is 9.87 Å². The number of para-hydroxylation sites is 1. The monoisotopic (exact) mass is 647 g/mol. The van der Waals surface area contributed by atoms with Gasteiger partial charge in [0.1, 0.15) is 18.3 Å². The maximum Gasteiger partial charge on any atom is 0.264 e. The molecule has 0 radical (unpaired) electrons. The topological polar surface area (TPSA) is 96.0 Å². The summed E-state index contributed by atoms with van der Waals surface area (Å²) in [7, 11) is -4.21. The van der Waals surface area contributed by atoms with Crippen molar-refractivity contribution in [3.63, 3.8) is 0 Å². The number of hydrogen-bond donors (Lipinski definition) is 1. The first-order valence-electron chi connectivity index (χ1n) is 14.9. The lowest BCUT2D eigenvalue weighted by molar-refractivity contribution is -0.140. The van der Waals surface area contributed by atoms with Crippen molar-refractivity contribution in [1.82, 2.24) is 10.2 Å². The SMILES string of the molecule is CCCNC(=O)C(Cc1ccccc1)N(Cc1ccccc1Cl)C(=O)CN(c1ccccc1)S(=O)(=O)c1ccc(OCC)cc1. The molecule has 0 bridgehead atoms. The highest BCUT2D eigenvalue weighted by molar-refractivity contribution is 7.92. The van der Waals surface area contributed by atoms with Gasteiger partial charge >= 0.3 is 0 Å². The van der Waals surface area contributed by atoms with Crippen molar-refractivity contribution in [2.75, 3.05) is 24.0 Å². The number of anilines is 1. The third kappa shape index (κ3) is 8.86. The van der Waals surface area contributed by atoms with Gasteiger partial charge in [-0.3, -0.25) is 13.9 Å². The molecule has 1 atom stereocenters. The van der Waals surface area contributed by atoms with Crippen LogP contribution in [0.5, 0.6) is 5.75 Å². The summed E-state index contributed by atoms with van der Waals surface area (Å²) in [5.74, 6) is -0.353. The number of hydrogen-bond acceptors (Lipinski definition) is 5. The molecule has 4 rings (SSSR count). The van der Waals surface area contributed by atoms with Gasteiger partial charge in [0.25, 0.3) is 10.0 Å². The zero-order chi connectivity index (χ0) is 32.2. The molecule has 4 aromatic rings. The van der Waals surface area contributed by atoms with Crippen LogP contribution >= 0.6 is 11.6 Å². The minimum absolute atomic E-state index is 0.00127. The molecule has 0 heterocycles. The molecule has 0 aliphatic rings. The predicted molar refractivity (Wildman–Crippen MR) is 178 cm³/mol. The van der Waals surface area contributed by atoms with E-state index >= 15 is 0 Å². The minimum Gasteiger partial charge on any atom is -0.494 e. The van der Waals surface area contributed by atoms with Crippen molar-refractivity contribution in [3.05, 3.63) is 125 Å². The third-order valence-corrected chi connectivity index (χ3v) is 9.32. The molecular weight excluding hydrogens is 610 g/mol.